The summed E-state index contributed by atoms with van der Waals surface area (Å²) in [6, 6.07) is 18.0. The number of methoxy groups -OCH3 is 1. The Bertz CT molecular complexity index is 1710. The van der Waals surface area contributed by atoms with E-state index in [1.165, 1.54) is 18.4 Å². The molecule has 40 heavy (non-hydrogen) atoms. The topological polar surface area (TPSA) is 94.4 Å². The van der Waals surface area contributed by atoms with Crippen molar-refractivity contribution in [2.75, 3.05) is 7.11 Å². The van der Waals surface area contributed by atoms with Crippen molar-refractivity contribution in [3.63, 3.8) is 0 Å². The van der Waals surface area contributed by atoms with E-state index in [0.717, 1.165) is 43.0 Å². The van der Waals surface area contributed by atoms with Gasteiger partial charge in [0.25, 0.3) is 0 Å². The van der Waals surface area contributed by atoms with Crippen molar-refractivity contribution in [1.82, 2.24) is 15.0 Å². The number of carboxylic acids is 1. The van der Waals surface area contributed by atoms with Crippen LogP contribution in [-0.2, 0) is 11.2 Å². The summed E-state index contributed by atoms with van der Waals surface area (Å²) >= 11 is 7.77. The first kappa shape index (κ1) is 27.4. The number of benzene rings is 2. The van der Waals surface area contributed by atoms with Crippen LogP contribution in [0.15, 0.2) is 48.8 Å². The van der Waals surface area contributed by atoms with Gasteiger partial charge in [0.05, 0.1) is 34.3 Å². The number of thiazole rings is 1. The van der Waals surface area contributed by atoms with Crippen molar-refractivity contribution in [2.24, 2.45) is 0 Å². The summed E-state index contributed by atoms with van der Waals surface area (Å²) in [4.78, 5) is 25.2. The fourth-order valence-electron chi connectivity index (χ4n) is 4.38. The molecule has 0 aliphatic heterocycles. The molecule has 0 fully saturated rings. The van der Waals surface area contributed by atoms with E-state index < -0.39 is 11.6 Å². The highest BCUT2D eigenvalue weighted by molar-refractivity contribution is 7.22. The monoisotopic (exact) mass is 571 g/mol. The van der Waals surface area contributed by atoms with Crippen LogP contribution < -0.4 is 9.47 Å². The van der Waals surface area contributed by atoms with Gasteiger partial charge in [0, 0.05) is 35.2 Å². The molecule has 202 valence electrons. The maximum absolute atomic E-state index is 11.9. The third-order valence-corrected chi connectivity index (χ3v) is 7.43. The fraction of sp³-hybridized carbons (Fsp3) is 0.226. The SMILES string of the molecule is COc1ncc(-c2ccc(-c3nc4cc(C)c(CC(=O)O)c(-c5c#cc(Cl)cc5OC(C)(C)C)c4s3)cc2)cn1. The van der Waals surface area contributed by atoms with Crippen molar-refractivity contribution in [3.8, 4) is 44.6 Å². The maximum Gasteiger partial charge on any atom is 0.316 e. The average Bonchev–Trinajstić information content (AvgIpc) is 3.32. The smallest absolute Gasteiger partial charge is 0.316 e. The van der Waals surface area contributed by atoms with Gasteiger partial charge in [-0.15, -0.1) is 11.3 Å². The normalized spacial score (nSPS) is 11.3. The summed E-state index contributed by atoms with van der Waals surface area (Å²) in [7, 11) is 1.53. The summed E-state index contributed by atoms with van der Waals surface area (Å²) < 4.78 is 12.2. The van der Waals surface area contributed by atoms with E-state index in [0.29, 0.717) is 27.9 Å². The molecular weight excluding hydrogens is 546 g/mol. The molecule has 7 nitrogen and oxygen atoms in total. The highest BCUT2D eigenvalue weighted by atomic mass is 35.5. The van der Waals surface area contributed by atoms with Crippen molar-refractivity contribution < 1.29 is 19.4 Å². The number of aromatic nitrogens is 3. The maximum atomic E-state index is 11.9. The van der Waals surface area contributed by atoms with E-state index in [1.54, 1.807) is 18.5 Å². The minimum Gasteiger partial charge on any atom is -0.487 e. The van der Waals surface area contributed by atoms with E-state index in [4.69, 9.17) is 26.1 Å². The van der Waals surface area contributed by atoms with Crippen LogP contribution in [0.1, 0.15) is 31.9 Å². The molecule has 0 unspecified atom stereocenters. The largest absolute Gasteiger partial charge is 0.487 e. The van der Waals surface area contributed by atoms with Crippen LogP contribution in [0.4, 0.5) is 0 Å². The van der Waals surface area contributed by atoms with Crippen molar-refractivity contribution in [3.05, 3.63) is 77.1 Å². The summed E-state index contributed by atoms with van der Waals surface area (Å²) in [5, 5.41) is 10.9. The number of carbonyl (C=O) groups is 1. The Kier molecular flexibility index (Phi) is 7.37. The predicted octanol–water partition coefficient (Wildman–Crippen LogP) is 7.46. The second-order valence-corrected chi connectivity index (χ2v) is 11.6. The van der Waals surface area contributed by atoms with Crippen LogP contribution in [0.3, 0.4) is 0 Å². The highest BCUT2D eigenvalue weighted by Crippen LogP contribution is 2.44. The molecule has 0 saturated carbocycles. The first-order valence-electron chi connectivity index (χ1n) is 12.5. The molecule has 0 atom stereocenters. The standard InChI is InChI=1S/C31H26ClN3O4S/c1-17-12-24-28(27(23(17)14-26(36)37)22-11-10-21(32)13-25(22)39-31(2,3)4)40-29(35-24)19-8-6-18(7-9-19)20-15-33-30(38-5)34-16-20/h6-9,12-13,15-16H,14H2,1-5H3,(H,36,37). The molecule has 5 aromatic rings. The van der Waals surface area contributed by atoms with Gasteiger partial charge < -0.3 is 14.6 Å². The quantitative estimate of drug-likeness (QED) is 0.216. The fourth-order valence-corrected chi connectivity index (χ4v) is 5.66. The number of hydrogen-bond donors (Lipinski definition) is 1. The van der Waals surface area contributed by atoms with Crippen molar-refractivity contribution in [1.29, 1.82) is 0 Å². The molecule has 3 aromatic carbocycles. The molecule has 0 aliphatic carbocycles. The zero-order valence-electron chi connectivity index (χ0n) is 22.6. The van der Waals surface area contributed by atoms with Crippen LogP contribution in [0.2, 0.25) is 5.02 Å². The van der Waals surface area contributed by atoms with Gasteiger partial charge in [-0.25, -0.2) is 15.0 Å². The number of aliphatic carboxylic acids is 1. The third kappa shape index (κ3) is 5.71. The third-order valence-electron chi connectivity index (χ3n) is 6.09. The lowest BCUT2D eigenvalue weighted by Crippen LogP contribution is -2.23. The zero-order chi connectivity index (χ0) is 28.6. The summed E-state index contributed by atoms with van der Waals surface area (Å²) in [5.41, 5.74) is 5.84. The first-order valence-corrected chi connectivity index (χ1v) is 13.7. The summed E-state index contributed by atoms with van der Waals surface area (Å²) in [6.07, 6.45) is 3.28. The Balaban J connectivity index is 1.65. The molecule has 1 N–H and O–H groups in total. The first-order chi connectivity index (χ1) is 19.0. The molecular formula is C31H26ClN3O4S. The summed E-state index contributed by atoms with van der Waals surface area (Å²) in [6.45, 7) is 7.73. The molecule has 2 heterocycles. The van der Waals surface area contributed by atoms with Gasteiger partial charge in [0.15, 0.2) is 0 Å². The molecule has 0 spiro atoms. The number of ether oxygens (including phenoxy) is 2. The highest BCUT2D eigenvalue weighted by Gasteiger charge is 2.24. The average molecular weight is 572 g/mol. The Morgan fingerprint density at radius 2 is 1.73 bits per heavy atom. The number of nitrogens with zero attached hydrogens (tertiary/aromatic N) is 3. The van der Waals surface area contributed by atoms with E-state index >= 15 is 0 Å². The van der Waals surface area contributed by atoms with E-state index in [2.05, 4.69) is 22.1 Å². The van der Waals surface area contributed by atoms with Crippen LogP contribution in [0.25, 0.3) is 43.0 Å². The zero-order valence-corrected chi connectivity index (χ0v) is 24.2. The van der Waals surface area contributed by atoms with E-state index in [1.807, 2.05) is 58.0 Å². The minimum atomic E-state index is -0.928. The molecule has 9 heteroatoms. The van der Waals surface area contributed by atoms with Crippen molar-refractivity contribution in [2.45, 2.75) is 39.7 Å². The molecule has 0 saturated heterocycles. The van der Waals surface area contributed by atoms with Gasteiger partial charge in [-0.2, -0.15) is 0 Å². The molecule has 0 bridgehead atoms. The molecule has 0 amide bonds. The van der Waals surface area contributed by atoms with E-state index in [-0.39, 0.29) is 6.42 Å². The lowest BCUT2D eigenvalue weighted by Gasteiger charge is -2.23. The Hall–Kier alpha value is -4.19. The predicted molar refractivity (Wildman–Crippen MR) is 157 cm³/mol. The van der Waals surface area contributed by atoms with E-state index in [9.17, 15) is 9.90 Å². The van der Waals surface area contributed by atoms with Gasteiger partial charge in [-0.3, -0.25) is 4.79 Å². The number of carboxylic acid groups (broad SMARTS) is 1. The number of fused-ring (bicyclic) bond motifs is 1. The van der Waals surface area contributed by atoms with Gasteiger partial charge in [0.1, 0.15) is 16.4 Å². The lowest BCUT2D eigenvalue weighted by molar-refractivity contribution is -0.136. The van der Waals surface area contributed by atoms with Gasteiger partial charge >= 0.3 is 12.0 Å². The van der Waals surface area contributed by atoms with Crippen LogP contribution in [-0.4, -0.2) is 38.7 Å². The van der Waals surface area contributed by atoms with Gasteiger partial charge in [0.2, 0.25) is 0 Å². The molecule has 5 rings (SSSR count). The Labute approximate surface area is 241 Å². The molecule has 0 aliphatic rings. The molecule has 2 aromatic heterocycles. The second kappa shape index (κ2) is 10.8. The number of hydrogen-bond acceptors (Lipinski definition) is 7. The van der Waals surface area contributed by atoms with Gasteiger partial charge in [-0.05, 0) is 56.5 Å². The minimum absolute atomic E-state index is 0.158. The lowest BCUT2D eigenvalue weighted by atomic mass is 9.93. The van der Waals surface area contributed by atoms with Gasteiger partial charge in [-0.1, -0.05) is 41.9 Å². The number of rotatable bonds is 7. The Morgan fingerprint density at radius 1 is 1.05 bits per heavy atom. The Morgan fingerprint density at radius 3 is 2.35 bits per heavy atom. The number of halogens is 1. The molecule has 0 radical (unpaired) electrons. The van der Waals surface area contributed by atoms with Crippen LogP contribution in [0.5, 0.6) is 11.8 Å². The van der Waals surface area contributed by atoms with Crippen molar-refractivity contribution >= 4 is 39.1 Å². The van der Waals surface area contributed by atoms with Crippen LogP contribution >= 0.6 is 22.9 Å². The number of aryl methyl sites for hydroxylation is 1. The second-order valence-electron chi connectivity index (χ2n) is 10.2. The summed E-state index contributed by atoms with van der Waals surface area (Å²) in [5.74, 6) is -0.418. The van der Waals surface area contributed by atoms with Crippen LogP contribution in [0, 0.1) is 19.1 Å².